The summed E-state index contributed by atoms with van der Waals surface area (Å²) in [6.45, 7) is 3.83. The molecule has 0 bridgehead atoms. The molecule has 1 aliphatic heterocycles. The van der Waals surface area contributed by atoms with E-state index in [2.05, 4.69) is 31.3 Å². The van der Waals surface area contributed by atoms with Crippen molar-refractivity contribution in [1.82, 2.24) is 5.32 Å². The van der Waals surface area contributed by atoms with Gasteiger partial charge in [-0.25, -0.2) is 0 Å². The standard InChI is InChI=1S/C48H93NO8/c1-3-5-7-9-11-13-15-17-18-19-20-21-22-23-24-26-27-29-31-33-35-37-42(51)41(40-56-48-47(55)46(54)45(53)43(39-50)57-48)49-44(52)38-36-34-32-30-28-25-16-14-12-10-8-6-4-2/h25,28,41-43,45-48,50-51,53-55H,3-24,26-27,29-40H2,1-2H3,(H,49,52)/b28-25-. The van der Waals surface area contributed by atoms with E-state index in [9.17, 15) is 30.3 Å². The summed E-state index contributed by atoms with van der Waals surface area (Å²) in [5.41, 5.74) is 0. The molecule has 0 saturated carbocycles. The zero-order chi connectivity index (χ0) is 41.6. The van der Waals surface area contributed by atoms with Crippen molar-refractivity contribution in [3.05, 3.63) is 12.2 Å². The number of ether oxygens (including phenoxy) is 2. The summed E-state index contributed by atoms with van der Waals surface area (Å²) < 4.78 is 11.3. The molecule has 9 heteroatoms. The highest BCUT2D eigenvalue weighted by Crippen LogP contribution is 2.23. The van der Waals surface area contributed by atoms with Crippen LogP contribution in [-0.4, -0.2) is 87.5 Å². The number of hydrogen-bond donors (Lipinski definition) is 6. The summed E-state index contributed by atoms with van der Waals surface area (Å²) in [4.78, 5) is 13.0. The topological polar surface area (TPSA) is 149 Å². The number of amides is 1. The number of allylic oxidation sites excluding steroid dienone is 2. The number of rotatable bonds is 41. The molecule has 1 aliphatic rings. The normalized spacial score (nSPS) is 21.0. The number of unbranched alkanes of at least 4 members (excludes halogenated alkanes) is 29. The van der Waals surface area contributed by atoms with Gasteiger partial charge in [-0.3, -0.25) is 4.79 Å². The van der Waals surface area contributed by atoms with Gasteiger partial charge in [0.25, 0.3) is 0 Å². The summed E-state index contributed by atoms with van der Waals surface area (Å²) in [6, 6.07) is -0.722. The number of carbonyl (C=O) groups excluding carboxylic acids is 1. The lowest BCUT2D eigenvalue weighted by Crippen LogP contribution is -2.60. The summed E-state index contributed by atoms with van der Waals surface area (Å²) >= 11 is 0. The van der Waals surface area contributed by atoms with Gasteiger partial charge in [-0.2, -0.15) is 0 Å². The van der Waals surface area contributed by atoms with Gasteiger partial charge in [-0.1, -0.05) is 199 Å². The first kappa shape index (κ1) is 53.9. The Morgan fingerprint density at radius 1 is 0.579 bits per heavy atom. The zero-order valence-corrected chi connectivity index (χ0v) is 37.1. The molecule has 0 aromatic rings. The second-order valence-electron chi connectivity index (χ2n) is 17.3. The Morgan fingerprint density at radius 2 is 0.982 bits per heavy atom. The summed E-state index contributed by atoms with van der Waals surface area (Å²) in [5.74, 6) is -0.158. The molecule has 1 heterocycles. The summed E-state index contributed by atoms with van der Waals surface area (Å²) in [5, 5.41) is 54.4. The second-order valence-corrected chi connectivity index (χ2v) is 17.3. The highest BCUT2D eigenvalue weighted by Gasteiger charge is 2.44. The van der Waals surface area contributed by atoms with Crippen LogP contribution >= 0.6 is 0 Å². The lowest BCUT2D eigenvalue weighted by Gasteiger charge is -2.40. The van der Waals surface area contributed by atoms with Gasteiger partial charge in [0.2, 0.25) is 5.91 Å². The molecule has 9 nitrogen and oxygen atoms in total. The third-order valence-electron chi connectivity index (χ3n) is 11.9. The number of aliphatic hydroxyl groups excluding tert-OH is 5. The van der Waals surface area contributed by atoms with E-state index in [-0.39, 0.29) is 12.5 Å². The van der Waals surface area contributed by atoms with Crippen molar-refractivity contribution in [3.63, 3.8) is 0 Å². The van der Waals surface area contributed by atoms with Gasteiger partial charge < -0.3 is 40.3 Å². The molecule has 0 aromatic heterocycles. The molecule has 1 amide bonds. The highest BCUT2D eigenvalue weighted by atomic mass is 16.7. The first-order valence-electron chi connectivity index (χ1n) is 24.4. The third-order valence-corrected chi connectivity index (χ3v) is 11.9. The molecule has 0 radical (unpaired) electrons. The van der Waals surface area contributed by atoms with E-state index in [4.69, 9.17) is 9.47 Å². The Bertz CT molecular complexity index is 904. The minimum absolute atomic E-state index is 0.141. The smallest absolute Gasteiger partial charge is 0.220 e. The van der Waals surface area contributed by atoms with Crippen molar-refractivity contribution in [2.45, 2.75) is 275 Å². The molecule has 7 atom stereocenters. The molecule has 6 N–H and O–H groups in total. The van der Waals surface area contributed by atoms with Gasteiger partial charge in [0.05, 0.1) is 25.4 Å². The molecule has 0 aliphatic carbocycles. The van der Waals surface area contributed by atoms with E-state index in [1.165, 1.54) is 154 Å². The minimum Gasteiger partial charge on any atom is -0.394 e. The zero-order valence-electron chi connectivity index (χ0n) is 37.1. The van der Waals surface area contributed by atoms with Crippen LogP contribution in [0.1, 0.15) is 232 Å². The largest absolute Gasteiger partial charge is 0.394 e. The summed E-state index contributed by atoms with van der Waals surface area (Å²) in [6.07, 6.45) is 38.0. The Balaban J connectivity index is 2.28. The van der Waals surface area contributed by atoms with Crippen molar-refractivity contribution in [1.29, 1.82) is 0 Å². The maximum absolute atomic E-state index is 13.0. The van der Waals surface area contributed by atoms with Gasteiger partial charge in [-0.05, 0) is 38.5 Å². The minimum atomic E-state index is -1.55. The van der Waals surface area contributed by atoms with Crippen LogP contribution in [0, 0.1) is 0 Å². The lowest BCUT2D eigenvalue weighted by atomic mass is 9.99. The SMILES string of the molecule is CCCCCCCC/C=C\CCCCCC(=O)NC(COC1OC(CO)C(O)C(O)C1O)C(O)CCCCCCCCCCCCCCCCCCCCCCC. The van der Waals surface area contributed by atoms with Crippen LogP contribution in [-0.2, 0) is 14.3 Å². The van der Waals surface area contributed by atoms with Crippen LogP contribution in [0.3, 0.4) is 0 Å². The first-order valence-corrected chi connectivity index (χ1v) is 24.4. The van der Waals surface area contributed by atoms with Crippen LogP contribution in [0.2, 0.25) is 0 Å². The Hall–Kier alpha value is -1.07. The second kappa shape index (κ2) is 39.1. The van der Waals surface area contributed by atoms with E-state index in [1.54, 1.807) is 0 Å². The number of hydrogen-bond acceptors (Lipinski definition) is 8. The van der Waals surface area contributed by atoms with Crippen molar-refractivity contribution in [3.8, 4) is 0 Å². The molecule has 57 heavy (non-hydrogen) atoms. The van der Waals surface area contributed by atoms with E-state index in [1.807, 2.05) is 0 Å². The maximum Gasteiger partial charge on any atom is 0.220 e. The number of carbonyl (C=O) groups is 1. The lowest BCUT2D eigenvalue weighted by molar-refractivity contribution is -0.302. The fraction of sp³-hybridized carbons (Fsp3) is 0.938. The molecular formula is C48H93NO8. The van der Waals surface area contributed by atoms with Crippen LogP contribution in [0.15, 0.2) is 12.2 Å². The van der Waals surface area contributed by atoms with Crippen molar-refractivity contribution in [2.75, 3.05) is 13.2 Å². The molecule has 1 fully saturated rings. The van der Waals surface area contributed by atoms with Gasteiger partial charge in [-0.15, -0.1) is 0 Å². The van der Waals surface area contributed by atoms with Crippen molar-refractivity contribution < 1.29 is 39.8 Å². The molecular weight excluding hydrogens is 719 g/mol. The first-order chi connectivity index (χ1) is 27.8. The Morgan fingerprint density at radius 3 is 1.42 bits per heavy atom. The van der Waals surface area contributed by atoms with Gasteiger partial charge in [0.1, 0.15) is 24.4 Å². The van der Waals surface area contributed by atoms with Crippen LogP contribution < -0.4 is 5.32 Å². The Kier molecular flexibility index (Phi) is 37.0. The van der Waals surface area contributed by atoms with Crippen LogP contribution in [0.25, 0.3) is 0 Å². The van der Waals surface area contributed by atoms with Gasteiger partial charge in [0, 0.05) is 6.42 Å². The summed E-state index contributed by atoms with van der Waals surface area (Å²) in [7, 11) is 0. The van der Waals surface area contributed by atoms with E-state index >= 15 is 0 Å². The molecule has 1 saturated heterocycles. The highest BCUT2D eigenvalue weighted by molar-refractivity contribution is 5.76. The Labute approximate surface area is 350 Å². The van der Waals surface area contributed by atoms with E-state index in [0.29, 0.717) is 12.8 Å². The van der Waals surface area contributed by atoms with Gasteiger partial charge in [0.15, 0.2) is 6.29 Å². The predicted molar refractivity (Wildman–Crippen MR) is 235 cm³/mol. The van der Waals surface area contributed by atoms with Crippen LogP contribution in [0.4, 0.5) is 0 Å². The van der Waals surface area contributed by atoms with Crippen molar-refractivity contribution >= 4 is 5.91 Å². The fourth-order valence-electron chi connectivity index (χ4n) is 7.92. The number of aliphatic hydroxyl groups is 5. The monoisotopic (exact) mass is 812 g/mol. The fourth-order valence-corrected chi connectivity index (χ4v) is 7.92. The third kappa shape index (κ3) is 29.7. The average Bonchev–Trinajstić information content (AvgIpc) is 3.21. The molecule has 1 rings (SSSR count). The van der Waals surface area contributed by atoms with E-state index in [0.717, 1.165) is 51.4 Å². The predicted octanol–water partition coefficient (Wildman–Crippen LogP) is 10.5. The molecule has 338 valence electrons. The quantitative estimate of drug-likeness (QED) is 0.0264. The van der Waals surface area contributed by atoms with E-state index < -0.39 is 49.5 Å². The van der Waals surface area contributed by atoms with Gasteiger partial charge >= 0.3 is 0 Å². The maximum atomic E-state index is 13.0. The number of nitrogens with one attached hydrogen (secondary N) is 1. The average molecular weight is 812 g/mol. The molecule has 0 spiro atoms. The molecule has 7 unspecified atom stereocenters. The molecule has 0 aromatic carbocycles. The van der Waals surface area contributed by atoms with Crippen LogP contribution in [0.5, 0.6) is 0 Å². The van der Waals surface area contributed by atoms with Crippen molar-refractivity contribution in [2.24, 2.45) is 0 Å².